The summed E-state index contributed by atoms with van der Waals surface area (Å²) in [5.74, 6) is -1.29. The lowest BCUT2D eigenvalue weighted by molar-refractivity contribution is -0.119. The van der Waals surface area contributed by atoms with Crippen molar-refractivity contribution in [1.82, 2.24) is 10.6 Å². The number of anilines is 1. The molecule has 2 N–H and O–H groups in total. The molecule has 1 aliphatic carbocycles. The molecule has 1 heterocycles. The zero-order valence-corrected chi connectivity index (χ0v) is 21.0. The number of rotatable bonds is 8. The molecule has 0 saturated carbocycles. The summed E-state index contributed by atoms with van der Waals surface area (Å²) in [5, 5.41) is 4.94. The first-order chi connectivity index (χ1) is 16.6. The van der Waals surface area contributed by atoms with Gasteiger partial charge in [-0.2, -0.15) is 0 Å². The number of hydrogen-bond donors (Lipinski definition) is 2. The fourth-order valence-corrected chi connectivity index (χ4v) is 5.16. The van der Waals surface area contributed by atoms with E-state index in [1.54, 1.807) is 29.2 Å². The lowest BCUT2D eigenvalue weighted by atomic mass is 9.94. The van der Waals surface area contributed by atoms with Gasteiger partial charge in [-0.3, -0.25) is 19.3 Å². The monoisotopic (exact) mass is 503 g/mol. The van der Waals surface area contributed by atoms with Crippen molar-refractivity contribution >= 4 is 41.1 Å². The van der Waals surface area contributed by atoms with Crippen molar-refractivity contribution in [2.75, 3.05) is 23.7 Å². The van der Waals surface area contributed by atoms with Gasteiger partial charge in [-0.05, 0) is 48.8 Å². The number of aryl methyl sites for hydroxylation is 1. The number of nitrogens with zero attached hydrogens (tertiary/aromatic N) is 1. The van der Waals surface area contributed by atoms with Crippen LogP contribution in [0.15, 0.2) is 41.8 Å². The van der Waals surface area contributed by atoms with Crippen LogP contribution < -0.4 is 15.5 Å². The van der Waals surface area contributed by atoms with Gasteiger partial charge in [0.2, 0.25) is 17.7 Å². The predicted molar refractivity (Wildman–Crippen MR) is 133 cm³/mol. The fraction of sp³-hybridized carbons (Fsp3) is 0.440. The molecule has 0 bridgehead atoms. The Balaban J connectivity index is 1.77. The minimum Gasteiger partial charge on any atom is -0.455 e. The van der Waals surface area contributed by atoms with E-state index in [-0.39, 0.29) is 53.5 Å². The minimum atomic E-state index is -0.745. The molecule has 8 nitrogen and oxygen atoms in total. The van der Waals surface area contributed by atoms with Gasteiger partial charge in [-0.1, -0.05) is 13.0 Å². The van der Waals surface area contributed by atoms with E-state index in [1.807, 2.05) is 13.8 Å². The average molecular weight is 504 g/mol. The van der Waals surface area contributed by atoms with Crippen LogP contribution in [0.5, 0.6) is 0 Å². The van der Waals surface area contributed by atoms with Gasteiger partial charge in [-0.15, -0.1) is 11.8 Å². The number of benzene rings is 1. The van der Waals surface area contributed by atoms with Crippen molar-refractivity contribution in [2.24, 2.45) is 5.92 Å². The Hall–Kier alpha value is -3.14. The van der Waals surface area contributed by atoms with E-state index < -0.39 is 12.1 Å². The number of ether oxygens (including phenoxy) is 1. The molecule has 35 heavy (non-hydrogen) atoms. The highest BCUT2D eigenvalue weighted by Crippen LogP contribution is 2.40. The van der Waals surface area contributed by atoms with Crippen LogP contribution in [-0.2, 0) is 19.1 Å². The number of esters is 1. The second kappa shape index (κ2) is 11.5. The molecular formula is C25H30FN3O5S. The highest BCUT2D eigenvalue weighted by molar-refractivity contribution is 8.01. The van der Waals surface area contributed by atoms with Gasteiger partial charge in [0.25, 0.3) is 0 Å². The maximum absolute atomic E-state index is 13.8. The molecule has 0 radical (unpaired) electrons. The Labute approximate surface area is 208 Å². The molecule has 2 unspecified atom stereocenters. The van der Waals surface area contributed by atoms with Crippen molar-refractivity contribution in [1.29, 1.82) is 0 Å². The Kier molecular flexibility index (Phi) is 8.71. The highest BCUT2D eigenvalue weighted by atomic mass is 32.2. The first kappa shape index (κ1) is 26.5. The normalized spacial score (nSPS) is 19.8. The second-order valence-electron chi connectivity index (χ2n) is 8.73. The van der Waals surface area contributed by atoms with E-state index in [0.29, 0.717) is 23.4 Å². The topological polar surface area (TPSA) is 105 Å². The van der Waals surface area contributed by atoms with E-state index in [1.165, 1.54) is 31.7 Å². The molecule has 0 spiro atoms. The number of nitrogens with one attached hydrogen (secondary N) is 2. The van der Waals surface area contributed by atoms with E-state index in [4.69, 9.17) is 4.74 Å². The second-order valence-corrected chi connectivity index (χ2v) is 9.80. The molecule has 2 aliphatic rings. The largest absolute Gasteiger partial charge is 0.455 e. The van der Waals surface area contributed by atoms with Crippen molar-refractivity contribution in [3.8, 4) is 0 Å². The van der Waals surface area contributed by atoms with E-state index in [2.05, 4.69) is 10.6 Å². The molecule has 188 valence electrons. The Morgan fingerprint density at radius 1 is 1.17 bits per heavy atom. The number of halogens is 1. The SMILES string of the molecule is CC(=O)NCC(CNC(C)=O)OC(=O)c1ccc(N2C(=O)CSC2C2=CC=C(F)C(C)C2)c(C)c1. The molecule has 1 fully saturated rings. The van der Waals surface area contributed by atoms with E-state index in [9.17, 15) is 23.6 Å². The summed E-state index contributed by atoms with van der Waals surface area (Å²) in [5.41, 5.74) is 2.66. The lowest BCUT2D eigenvalue weighted by Crippen LogP contribution is -2.41. The number of amides is 3. The Morgan fingerprint density at radius 3 is 2.40 bits per heavy atom. The molecule has 1 aromatic carbocycles. The average Bonchev–Trinajstić information content (AvgIpc) is 3.18. The van der Waals surface area contributed by atoms with Crippen LogP contribution >= 0.6 is 11.8 Å². The van der Waals surface area contributed by atoms with Crippen molar-refractivity contribution in [3.05, 3.63) is 52.9 Å². The van der Waals surface area contributed by atoms with E-state index >= 15 is 0 Å². The van der Waals surface area contributed by atoms with Gasteiger partial charge >= 0.3 is 5.97 Å². The summed E-state index contributed by atoms with van der Waals surface area (Å²) in [6.45, 7) is 6.44. The highest BCUT2D eigenvalue weighted by Gasteiger charge is 2.37. The van der Waals surface area contributed by atoms with Gasteiger partial charge < -0.3 is 15.4 Å². The van der Waals surface area contributed by atoms with Gasteiger partial charge in [0.1, 0.15) is 17.3 Å². The third kappa shape index (κ3) is 6.72. The van der Waals surface area contributed by atoms with Gasteiger partial charge in [-0.25, -0.2) is 9.18 Å². The molecule has 1 aromatic rings. The van der Waals surface area contributed by atoms with E-state index in [0.717, 1.165) is 5.57 Å². The number of allylic oxidation sites excluding steroid dienone is 3. The van der Waals surface area contributed by atoms with Crippen LogP contribution in [0.3, 0.4) is 0 Å². The maximum atomic E-state index is 13.8. The van der Waals surface area contributed by atoms with Crippen LogP contribution in [0.2, 0.25) is 0 Å². The van der Waals surface area contributed by atoms with Crippen LogP contribution in [0.4, 0.5) is 10.1 Å². The van der Waals surface area contributed by atoms with Crippen LogP contribution in [0.25, 0.3) is 0 Å². The molecule has 1 saturated heterocycles. The first-order valence-electron chi connectivity index (χ1n) is 11.4. The van der Waals surface area contributed by atoms with Gasteiger partial charge in [0.15, 0.2) is 0 Å². The molecule has 3 rings (SSSR count). The Bertz CT molecular complexity index is 1070. The van der Waals surface area contributed by atoms with Crippen LogP contribution in [-0.4, -0.2) is 54.0 Å². The first-order valence-corrected chi connectivity index (χ1v) is 12.4. The standard InChI is InChI=1S/C25H30FN3O5S/c1-14-9-18(5-7-21(14)26)24-29(23(32)13-35-24)22-8-6-19(10-15(22)2)25(33)34-20(11-27-16(3)30)12-28-17(4)31/h5-8,10,14,20,24H,9,11-13H2,1-4H3,(H,27,30)(H,28,31). The summed E-state index contributed by atoms with van der Waals surface area (Å²) in [6, 6.07) is 4.95. The molecule has 10 heteroatoms. The quantitative estimate of drug-likeness (QED) is 0.529. The zero-order valence-electron chi connectivity index (χ0n) is 20.2. The molecule has 0 aromatic heterocycles. The van der Waals surface area contributed by atoms with Crippen molar-refractivity contribution in [3.63, 3.8) is 0 Å². The summed E-state index contributed by atoms with van der Waals surface area (Å²) in [6.07, 6.45) is 3.01. The zero-order chi connectivity index (χ0) is 25.7. The molecule has 3 amide bonds. The van der Waals surface area contributed by atoms with Gasteiger partial charge in [0.05, 0.1) is 24.4 Å². The third-order valence-electron chi connectivity index (χ3n) is 5.78. The van der Waals surface area contributed by atoms with Crippen LogP contribution in [0, 0.1) is 12.8 Å². The smallest absolute Gasteiger partial charge is 0.338 e. The predicted octanol–water partition coefficient (Wildman–Crippen LogP) is 3.02. The maximum Gasteiger partial charge on any atom is 0.338 e. The Morgan fingerprint density at radius 2 is 1.83 bits per heavy atom. The van der Waals surface area contributed by atoms with Gasteiger partial charge in [0, 0.05) is 25.5 Å². The third-order valence-corrected chi connectivity index (χ3v) is 7.02. The van der Waals surface area contributed by atoms with Crippen molar-refractivity contribution < 1.29 is 28.3 Å². The number of hydrogen-bond acceptors (Lipinski definition) is 6. The minimum absolute atomic E-state index is 0.0484. The number of thioether (sulfide) groups is 1. The fourth-order valence-electron chi connectivity index (χ4n) is 3.95. The van der Waals surface area contributed by atoms with Crippen LogP contribution in [0.1, 0.15) is 43.1 Å². The molecule has 1 aliphatic heterocycles. The van der Waals surface area contributed by atoms with Crippen molar-refractivity contribution in [2.45, 2.75) is 45.6 Å². The number of carbonyl (C=O) groups is 4. The lowest BCUT2D eigenvalue weighted by Gasteiger charge is -2.30. The summed E-state index contributed by atoms with van der Waals surface area (Å²) >= 11 is 1.50. The summed E-state index contributed by atoms with van der Waals surface area (Å²) < 4.78 is 19.3. The molecule has 2 atom stereocenters. The molecular weight excluding hydrogens is 473 g/mol. The number of carbonyl (C=O) groups excluding carboxylic acids is 4. The summed E-state index contributed by atoms with van der Waals surface area (Å²) in [4.78, 5) is 49.8. The summed E-state index contributed by atoms with van der Waals surface area (Å²) in [7, 11) is 0.